The average Bonchev–Trinajstić information content (AvgIpc) is 2.55. The van der Waals surface area contributed by atoms with Gasteiger partial charge in [0, 0.05) is 0 Å². The average molecular weight is 339 g/mol. The number of halogens is 3. The van der Waals surface area contributed by atoms with Crippen LogP contribution in [0.15, 0.2) is 48.5 Å². The Balaban J connectivity index is 2.06. The Kier molecular flexibility index (Phi) is 5.33. The van der Waals surface area contributed by atoms with Crippen molar-refractivity contribution in [2.75, 3.05) is 12.4 Å². The summed E-state index contributed by atoms with van der Waals surface area (Å²) in [5, 5.41) is 2.25. The number of benzene rings is 2. The van der Waals surface area contributed by atoms with Crippen molar-refractivity contribution < 1.29 is 27.4 Å². The Bertz CT molecular complexity index is 699. The lowest BCUT2D eigenvalue weighted by atomic mass is 10.1. The van der Waals surface area contributed by atoms with Gasteiger partial charge < -0.3 is 14.8 Å². The molecule has 7 heteroatoms. The van der Waals surface area contributed by atoms with Crippen molar-refractivity contribution >= 4 is 11.6 Å². The molecule has 0 aliphatic carbocycles. The zero-order chi connectivity index (χ0) is 17.7. The van der Waals surface area contributed by atoms with Gasteiger partial charge in [-0.25, -0.2) is 0 Å². The number of anilines is 1. The zero-order valence-corrected chi connectivity index (χ0v) is 13.1. The molecule has 1 amide bonds. The Morgan fingerprint density at radius 3 is 2.21 bits per heavy atom. The number of rotatable bonds is 5. The van der Waals surface area contributed by atoms with Crippen molar-refractivity contribution in [1.82, 2.24) is 0 Å². The number of carbonyl (C=O) groups is 1. The van der Waals surface area contributed by atoms with Crippen LogP contribution in [0.3, 0.4) is 0 Å². The molecular formula is C17H16F3NO3. The molecule has 0 unspecified atom stereocenters. The maximum atomic E-state index is 12.9. The van der Waals surface area contributed by atoms with Crippen LogP contribution in [0, 0.1) is 0 Å². The fourth-order valence-corrected chi connectivity index (χ4v) is 1.99. The molecule has 128 valence electrons. The minimum Gasteiger partial charge on any atom is -0.497 e. The molecule has 2 aromatic rings. The fraction of sp³-hybridized carbons (Fsp3) is 0.235. The quantitative estimate of drug-likeness (QED) is 0.891. The first-order valence-corrected chi connectivity index (χ1v) is 7.09. The second kappa shape index (κ2) is 7.25. The van der Waals surface area contributed by atoms with E-state index in [2.05, 4.69) is 5.32 Å². The van der Waals surface area contributed by atoms with Crippen molar-refractivity contribution in [2.45, 2.75) is 19.2 Å². The van der Waals surface area contributed by atoms with E-state index in [0.29, 0.717) is 11.5 Å². The van der Waals surface area contributed by atoms with Gasteiger partial charge in [-0.1, -0.05) is 12.1 Å². The van der Waals surface area contributed by atoms with E-state index in [9.17, 15) is 18.0 Å². The van der Waals surface area contributed by atoms with E-state index < -0.39 is 23.8 Å². The van der Waals surface area contributed by atoms with Crippen LogP contribution in [0.1, 0.15) is 12.5 Å². The van der Waals surface area contributed by atoms with Gasteiger partial charge in [0.05, 0.1) is 18.4 Å². The SMILES string of the molecule is COc1ccc(O[C@H](C)C(=O)Nc2ccccc2C(F)(F)F)cc1. The predicted octanol–water partition coefficient (Wildman–Crippen LogP) is 4.12. The predicted molar refractivity (Wildman–Crippen MR) is 83.2 cm³/mol. The van der Waals surface area contributed by atoms with E-state index in [4.69, 9.17) is 9.47 Å². The minimum absolute atomic E-state index is 0.305. The summed E-state index contributed by atoms with van der Waals surface area (Å²) in [4.78, 5) is 12.1. The summed E-state index contributed by atoms with van der Waals surface area (Å²) < 4.78 is 49.2. The molecule has 2 aromatic carbocycles. The Morgan fingerprint density at radius 2 is 1.62 bits per heavy atom. The molecule has 1 N–H and O–H groups in total. The van der Waals surface area contributed by atoms with Crippen LogP contribution < -0.4 is 14.8 Å². The number of nitrogens with one attached hydrogen (secondary N) is 1. The third-order valence-electron chi connectivity index (χ3n) is 3.23. The maximum Gasteiger partial charge on any atom is 0.418 e. The first kappa shape index (κ1) is 17.7. The van der Waals surface area contributed by atoms with Gasteiger partial charge in [0.25, 0.3) is 5.91 Å². The monoisotopic (exact) mass is 339 g/mol. The molecule has 24 heavy (non-hydrogen) atoms. The van der Waals surface area contributed by atoms with Crippen molar-refractivity contribution in [2.24, 2.45) is 0 Å². The largest absolute Gasteiger partial charge is 0.497 e. The normalized spacial score (nSPS) is 12.4. The van der Waals surface area contributed by atoms with E-state index in [0.717, 1.165) is 6.07 Å². The number of methoxy groups -OCH3 is 1. The van der Waals surface area contributed by atoms with Gasteiger partial charge in [-0.05, 0) is 43.3 Å². The lowest BCUT2D eigenvalue weighted by molar-refractivity contribution is -0.137. The van der Waals surface area contributed by atoms with Crippen LogP contribution in [0.2, 0.25) is 0 Å². The summed E-state index contributed by atoms with van der Waals surface area (Å²) in [6, 6.07) is 11.3. The Labute approximate surface area is 137 Å². The summed E-state index contributed by atoms with van der Waals surface area (Å²) in [5.74, 6) is 0.351. The number of hydrogen-bond donors (Lipinski definition) is 1. The summed E-state index contributed by atoms with van der Waals surface area (Å²) in [7, 11) is 1.52. The van der Waals surface area contributed by atoms with Crippen LogP contribution in [-0.2, 0) is 11.0 Å². The van der Waals surface area contributed by atoms with Gasteiger partial charge in [0.15, 0.2) is 6.10 Å². The third kappa shape index (κ3) is 4.41. The molecular weight excluding hydrogens is 323 g/mol. The summed E-state index contributed by atoms with van der Waals surface area (Å²) in [6.45, 7) is 1.45. The van der Waals surface area contributed by atoms with Gasteiger partial charge in [-0.15, -0.1) is 0 Å². The van der Waals surface area contributed by atoms with E-state index in [-0.39, 0.29) is 5.69 Å². The van der Waals surface area contributed by atoms with Gasteiger partial charge in [0.2, 0.25) is 0 Å². The second-order valence-corrected chi connectivity index (χ2v) is 4.97. The van der Waals surface area contributed by atoms with Crippen LogP contribution in [-0.4, -0.2) is 19.1 Å². The van der Waals surface area contributed by atoms with Gasteiger partial charge in [-0.3, -0.25) is 4.79 Å². The molecule has 0 saturated heterocycles. The molecule has 1 atom stereocenters. The summed E-state index contributed by atoms with van der Waals surface area (Å²) in [6.07, 6.45) is -5.52. The molecule has 0 fully saturated rings. The van der Waals surface area contributed by atoms with Gasteiger partial charge >= 0.3 is 6.18 Å². The van der Waals surface area contributed by atoms with Crippen LogP contribution >= 0.6 is 0 Å². The van der Waals surface area contributed by atoms with Crippen LogP contribution in [0.5, 0.6) is 11.5 Å². The molecule has 0 spiro atoms. The van der Waals surface area contributed by atoms with Crippen LogP contribution in [0.25, 0.3) is 0 Å². The van der Waals surface area contributed by atoms with E-state index in [1.807, 2.05) is 0 Å². The standard InChI is InChI=1S/C17H16F3NO3/c1-11(24-13-9-7-12(23-2)8-10-13)16(22)21-15-6-4-3-5-14(15)17(18,19)20/h3-11H,1-2H3,(H,21,22)/t11-/m1/s1. The molecule has 0 bridgehead atoms. The number of carbonyl (C=O) groups excluding carboxylic acids is 1. The van der Waals surface area contributed by atoms with Gasteiger partial charge in [-0.2, -0.15) is 13.2 Å². The molecule has 0 aromatic heterocycles. The third-order valence-corrected chi connectivity index (χ3v) is 3.23. The summed E-state index contributed by atoms with van der Waals surface area (Å²) >= 11 is 0. The Hall–Kier alpha value is -2.70. The van der Waals surface area contributed by atoms with Crippen molar-refractivity contribution in [1.29, 1.82) is 0 Å². The molecule has 2 rings (SSSR count). The van der Waals surface area contributed by atoms with Crippen molar-refractivity contribution in [3.05, 3.63) is 54.1 Å². The van der Waals surface area contributed by atoms with E-state index in [1.165, 1.54) is 32.2 Å². The topological polar surface area (TPSA) is 47.6 Å². The molecule has 0 aliphatic rings. The highest BCUT2D eigenvalue weighted by molar-refractivity contribution is 5.94. The molecule has 4 nitrogen and oxygen atoms in total. The molecule has 0 saturated carbocycles. The highest BCUT2D eigenvalue weighted by Gasteiger charge is 2.34. The van der Waals surface area contributed by atoms with Crippen molar-refractivity contribution in [3.8, 4) is 11.5 Å². The van der Waals surface area contributed by atoms with Gasteiger partial charge in [0.1, 0.15) is 11.5 Å². The lowest BCUT2D eigenvalue weighted by Crippen LogP contribution is -2.31. The molecule has 0 radical (unpaired) electrons. The number of amides is 1. The second-order valence-electron chi connectivity index (χ2n) is 4.97. The maximum absolute atomic E-state index is 12.9. The summed E-state index contributed by atoms with van der Waals surface area (Å²) in [5.41, 5.74) is -1.21. The lowest BCUT2D eigenvalue weighted by Gasteiger charge is -2.17. The zero-order valence-electron chi connectivity index (χ0n) is 13.1. The fourth-order valence-electron chi connectivity index (χ4n) is 1.99. The molecule has 0 heterocycles. The highest BCUT2D eigenvalue weighted by Crippen LogP contribution is 2.34. The number of alkyl halides is 3. The Morgan fingerprint density at radius 1 is 1.04 bits per heavy atom. The van der Waals surface area contributed by atoms with E-state index in [1.54, 1.807) is 24.3 Å². The minimum atomic E-state index is -4.55. The first-order chi connectivity index (χ1) is 11.3. The van der Waals surface area contributed by atoms with Crippen LogP contribution in [0.4, 0.5) is 18.9 Å². The smallest absolute Gasteiger partial charge is 0.418 e. The number of hydrogen-bond acceptors (Lipinski definition) is 3. The molecule has 0 aliphatic heterocycles. The van der Waals surface area contributed by atoms with E-state index >= 15 is 0 Å². The number of para-hydroxylation sites is 1. The van der Waals surface area contributed by atoms with Crippen molar-refractivity contribution in [3.63, 3.8) is 0 Å². The number of ether oxygens (including phenoxy) is 2. The highest BCUT2D eigenvalue weighted by atomic mass is 19.4. The first-order valence-electron chi connectivity index (χ1n) is 7.09.